The van der Waals surface area contributed by atoms with Crippen molar-refractivity contribution in [3.05, 3.63) is 66.3 Å². The fourth-order valence-corrected chi connectivity index (χ4v) is 3.76. The van der Waals surface area contributed by atoms with Gasteiger partial charge in [0, 0.05) is 8.95 Å². The quantitative estimate of drug-likeness (QED) is 0.557. The number of nitrogens with one attached hydrogen (secondary N) is 1. The zero-order valence-corrected chi connectivity index (χ0v) is 16.4. The van der Waals surface area contributed by atoms with Crippen molar-refractivity contribution in [2.45, 2.75) is 19.9 Å². The van der Waals surface area contributed by atoms with Gasteiger partial charge in [-0.05, 0) is 64.3 Å². The van der Waals surface area contributed by atoms with E-state index in [0.29, 0.717) is 4.47 Å². The fourth-order valence-electron chi connectivity index (χ4n) is 2.22. The Hall–Kier alpha value is -0.230. The maximum Gasteiger partial charge on any atom is 0.137 e. The van der Waals surface area contributed by atoms with E-state index in [9.17, 15) is 4.39 Å². The van der Waals surface area contributed by atoms with Crippen LogP contribution in [0, 0.1) is 12.7 Å². The monoisotopic (exact) mass is 477 g/mol. The van der Waals surface area contributed by atoms with Crippen LogP contribution in [0.15, 0.2) is 43.7 Å². The molecule has 2 aromatic rings. The van der Waals surface area contributed by atoms with E-state index >= 15 is 0 Å². The maximum atomic E-state index is 13.8. The van der Waals surface area contributed by atoms with Gasteiger partial charge < -0.3 is 5.32 Å². The largest absolute Gasteiger partial charge is 0.306 e. The number of rotatable bonds is 4. The Bertz CT molecular complexity index is 658. The zero-order chi connectivity index (χ0) is 15.6. The molecule has 0 spiro atoms. The van der Waals surface area contributed by atoms with Gasteiger partial charge in [-0.3, -0.25) is 0 Å². The fraction of sp³-hybridized carbons (Fsp3) is 0.250. The third kappa shape index (κ3) is 3.76. The molecule has 0 radical (unpaired) electrons. The van der Waals surface area contributed by atoms with E-state index in [1.807, 2.05) is 19.9 Å². The van der Waals surface area contributed by atoms with E-state index in [-0.39, 0.29) is 11.9 Å². The molecule has 0 aliphatic rings. The molecule has 1 N–H and O–H groups in total. The topological polar surface area (TPSA) is 12.0 Å². The van der Waals surface area contributed by atoms with Gasteiger partial charge in [0.15, 0.2) is 0 Å². The van der Waals surface area contributed by atoms with Crippen molar-refractivity contribution in [1.82, 2.24) is 5.32 Å². The lowest BCUT2D eigenvalue weighted by atomic mass is 9.97. The molecule has 2 aromatic carbocycles. The van der Waals surface area contributed by atoms with Crippen LogP contribution in [0.2, 0.25) is 0 Å². The summed E-state index contributed by atoms with van der Waals surface area (Å²) in [6.45, 7) is 4.86. The van der Waals surface area contributed by atoms with Crippen LogP contribution in [0.1, 0.15) is 29.7 Å². The molecule has 112 valence electrons. The standard InChI is InChI=1S/C16H15Br3FN/c1-3-21-16(10-5-4-6-14(20)15(10)19)11-8-12(17)9(2)7-13(11)18/h4-8,16,21H,3H2,1-2H3. The van der Waals surface area contributed by atoms with Gasteiger partial charge in [0.05, 0.1) is 10.5 Å². The molecule has 5 heteroatoms. The van der Waals surface area contributed by atoms with Crippen LogP contribution < -0.4 is 5.32 Å². The maximum absolute atomic E-state index is 13.8. The van der Waals surface area contributed by atoms with Crippen molar-refractivity contribution in [1.29, 1.82) is 0 Å². The Morgan fingerprint density at radius 1 is 1.10 bits per heavy atom. The first-order chi connectivity index (χ1) is 9.95. The number of halogens is 4. The van der Waals surface area contributed by atoms with E-state index in [4.69, 9.17) is 0 Å². The molecule has 1 unspecified atom stereocenters. The summed E-state index contributed by atoms with van der Waals surface area (Å²) in [4.78, 5) is 0. The summed E-state index contributed by atoms with van der Waals surface area (Å²) < 4.78 is 16.4. The van der Waals surface area contributed by atoms with E-state index in [2.05, 4.69) is 65.2 Å². The summed E-state index contributed by atoms with van der Waals surface area (Å²) >= 11 is 10.6. The van der Waals surface area contributed by atoms with Gasteiger partial charge in [-0.25, -0.2) is 4.39 Å². The molecule has 0 fully saturated rings. The SMILES string of the molecule is CCNC(c1cc(Br)c(C)cc1Br)c1cccc(F)c1Br. The van der Waals surface area contributed by atoms with Crippen LogP contribution >= 0.6 is 47.8 Å². The minimum Gasteiger partial charge on any atom is -0.306 e. The molecule has 0 saturated heterocycles. The third-order valence-electron chi connectivity index (χ3n) is 3.29. The van der Waals surface area contributed by atoms with E-state index in [1.165, 1.54) is 6.07 Å². The van der Waals surface area contributed by atoms with Crippen LogP contribution in [0.5, 0.6) is 0 Å². The lowest BCUT2D eigenvalue weighted by Gasteiger charge is -2.22. The van der Waals surface area contributed by atoms with Crippen LogP contribution in [0.25, 0.3) is 0 Å². The van der Waals surface area contributed by atoms with Gasteiger partial charge in [0.1, 0.15) is 5.82 Å². The Balaban J connectivity index is 2.59. The van der Waals surface area contributed by atoms with Crippen molar-refractivity contribution in [2.24, 2.45) is 0 Å². The Morgan fingerprint density at radius 3 is 2.48 bits per heavy atom. The van der Waals surface area contributed by atoms with Crippen molar-refractivity contribution in [3.63, 3.8) is 0 Å². The number of aryl methyl sites for hydroxylation is 1. The van der Waals surface area contributed by atoms with E-state index in [0.717, 1.165) is 32.2 Å². The second kappa shape index (κ2) is 7.36. The molecule has 2 rings (SSSR count). The van der Waals surface area contributed by atoms with Crippen molar-refractivity contribution in [2.75, 3.05) is 6.54 Å². The molecule has 1 atom stereocenters. The molecule has 21 heavy (non-hydrogen) atoms. The number of benzene rings is 2. The predicted molar refractivity (Wildman–Crippen MR) is 96.2 cm³/mol. The first-order valence-electron chi connectivity index (χ1n) is 6.58. The molecule has 0 aromatic heterocycles. The minimum atomic E-state index is -0.252. The molecule has 0 saturated carbocycles. The molecule has 0 heterocycles. The zero-order valence-electron chi connectivity index (χ0n) is 11.7. The first kappa shape index (κ1) is 17.1. The molecule has 0 bridgehead atoms. The smallest absolute Gasteiger partial charge is 0.137 e. The summed E-state index contributed by atoms with van der Waals surface area (Å²) in [5.74, 6) is -0.252. The highest BCUT2D eigenvalue weighted by atomic mass is 79.9. The van der Waals surface area contributed by atoms with Crippen molar-refractivity contribution >= 4 is 47.8 Å². The van der Waals surface area contributed by atoms with Gasteiger partial charge in [0.25, 0.3) is 0 Å². The van der Waals surface area contributed by atoms with Gasteiger partial charge in [0.2, 0.25) is 0 Å². The summed E-state index contributed by atoms with van der Waals surface area (Å²) in [6, 6.07) is 9.17. The van der Waals surface area contributed by atoms with Crippen LogP contribution in [0.3, 0.4) is 0 Å². The Labute approximate surface area is 149 Å². The van der Waals surface area contributed by atoms with Gasteiger partial charge in [-0.1, -0.05) is 50.9 Å². The first-order valence-corrected chi connectivity index (χ1v) is 8.96. The van der Waals surface area contributed by atoms with Gasteiger partial charge in [-0.15, -0.1) is 0 Å². The van der Waals surface area contributed by atoms with Crippen LogP contribution in [0.4, 0.5) is 4.39 Å². The Morgan fingerprint density at radius 2 is 1.81 bits per heavy atom. The average Bonchev–Trinajstić information content (AvgIpc) is 2.44. The van der Waals surface area contributed by atoms with Crippen LogP contribution in [-0.4, -0.2) is 6.54 Å². The van der Waals surface area contributed by atoms with Crippen molar-refractivity contribution < 1.29 is 4.39 Å². The second-order valence-corrected chi connectivity index (χ2v) is 7.26. The van der Waals surface area contributed by atoms with E-state index in [1.54, 1.807) is 6.07 Å². The molecular formula is C16H15Br3FN. The number of hydrogen-bond acceptors (Lipinski definition) is 1. The van der Waals surface area contributed by atoms with Crippen molar-refractivity contribution in [3.8, 4) is 0 Å². The normalized spacial score (nSPS) is 12.5. The highest BCUT2D eigenvalue weighted by molar-refractivity contribution is 9.11. The van der Waals surface area contributed by atoms with Gasteiger partial charge in [-0.2, -0.15) is 0 Å². The van der Waals surface area contributed by atoms with Crippen LogP contribution in [-0.2, 0) is 0 Å². The lowest BCUT2D eigenvalue weighted by Crippen LogP contribution is -2.23. The third-order valence-corrected chi connectivity index (χ3v) is 5.67. The molecule has 0 aliphatic heterocycles. The van der Waals surface area contributed by atoms with E-state index < -0.39 is 0 Å². The summed E-state index contributed by atoms with van der Waals surface area (Å²) in [5.41, 5.74) is 3.10. The highest BCUT2D eigenvalue weighted by Gasteiger charge is 2.20. The average molecular weight is 480 g/mol. The lowest BCUT2D eigenvalue weighted by molar-refractivity contribution is 0.594. The summed E-state index contributed by atoms with van der Waals surface area (Å²) in [5, 5.41) is 3.42. The van der Waals surface area contributed by atoms with Gasteiger partial charge >= 0.3 is 0 Å². The molecule has 1 nitrogen and oxygen atoms in total. The number of hydrogen-bond donors (Lipinski definition) is 1. The summed E-state index contributed by atoms with van der Waals surface area (Å²) in [7, 11) is 0. The highest BCUT2D eigenvalue weighted by Crippen LogP contribution is 2.36. The molecule has 0 amide bonds. The minimum absolute atomic E-state index is 0.0913. The molecule has 0 aliphatic carbocycles. The molecular weight excluding hydrogens is 465 g/mol. The summed E-state index contributed by atoms with van der Waals surface area (Å²) in [6.07, 6.45) is 0. The Kier molecular flexibility index (Phi) is 6.00. The predicted octanol–water partition coefficient (Wildman–Crippen LogP) is 6.12. The second-order valence-electron chi connectivity index (χ2n) is 4.76.